The van der Waals surface area contributed by atoms with E-state index in [0.717, 1.165) is 23.3 Å². The molecule has 6 rings (SSSR count). The van der Waals surface area contributed by atoms with Crippen LogP contribution in [-0.4, -0.2) is 74.7 Å². The number of aromatic nitrogens is 3. The third-order valence-electron chi connectivity index (χ3n) is 9.62. The van der Waals surface area contributed by atoms with E-state index >= 15 is 0 Å². The van der Waals surface area contributed by atoms with Gasteiger partial charge in [-0.3, -0.25) is 34.8 Å². The largest absolute Gasteiger partial charge is 0.518 e. The third-order valence-corrected chi connectivity index (χ3v) is 9.62. The van der Waals surface area contributed by atoms with Crippen LogP contribution in [0.1, 0.15) is 97.0 Å². The molecule has 3 N–H and O–H groups in total. The first kappa shape index (κ1) is 41.3. The second-order valence-electron chi connectivity index (χ2n) is 14.0. The first-order valence-electron chi connectivity index (χ1n) is 17.3. The average molecular weight is 948 g/mol. The number of hydrogen-bond acceptors (Lipinski definition) is 9. The van der Waals surface area contributed by atoms with Gasteiger partial charge in [0.25, 0.3) is 17.7 Å². The van der Waals surface area contributed by atoms with E-state index in [9.17, 15) is 19.2 Å². The molecule has 2 aromatic carbocycles. The van der Waals surface area contributed by atoms with Crippen LogP contribution in [0.5, 0.6) is 5.75 Å². The number of benzene rings is 2. The molecule has 1 aliphatic carbocycles. The molecule has 0 spiro atoms. The number of carbonyl (C=O) groups is 4. The molecule has 1 fully saturated rings. The van der Waals surface area contributed by atoms with Gasteiger partial charge in [-0.2, -0.15) is 0 Å². The third kappa shape index (κ3) is 8.55. The summed E-state index contributed by atoms with van der Waals surface area (Å²) in [6, 6.07) is 10.2. The van der Waals surface area contributed by atoms with Gasteiger partial charge in [0.1, 0.15) is 11.8 Å². The van der Waals surface area contributed by atoms with Crippen molar-refractivity contribution < 1.29 is 59.8 Å². The van der Waals surface area contributed by atoms with E-state index in [1.165, 1.54) is 9.80 Å². The molecule has 0 radical (unpaired) electrons. The maximum atomic E-state index is 13.6. The van der Waals surface area contributed by atoms with Crippen molar-refractivity contribution in [3.63, 3.8) is 0 Å². The van der Waals surface area contributed by atoms with Crippen LogP contribution < -0.4 is 15.8 Å². The van der Waals surface area contributed by atoms with Crippen LogP contribution >= 0.6 is 0 Å². The monoisotopic (exact) mass is 947 g/mol. The van der Waals surface area contributed by atoms with E-state index in [2.05, 4.69) is 42.5 Å². The number of allylic oxidation sites excluding steroid dienone is 4. The molecule has 0 saturated carbocycles. The minimum atomic E-state index is -0.716. The number of amides is 4. The van der Waals surface area contributed by atoms with E-state index in [1.807, 2.05) is 18.2 Å². The number of ether oxygens (including phenoxy) is 2. The summed E-state index contributed by atoms with van der Waals surface area (Å²) in [4.78, 5) is 55.8. The molecule has 3 aliphatic rings. The van der Waals surface area contributed by atoms with Gasteiger partial charge in [0.2, 0.25) is 5.91 Å². The number of anilines is 2. The van der Waals surface area contributed by atoms with Crippen LogP contribution in [0, 0.1) is 51.5 Å². The number of nitrogens with one attached hydrogen (secondary N) is 1. The Bertz CT molecular complexity index is 1950. The van der Waals surface area contributed by atoms with E-state index in [0.29, 0.717) is 53.3 Å². The molecule has 1 aromatic heterocycles. The Morgan fingerprint density at radius 1 is 1.11 bits per heavy atom. The van der Waals surface area contributed by atoms with Crippen molar-refractivity contribution in [3.8, 4) is 5.75 Å². The van der Waals surface area contributed by atoms with E-state index in [4.69, 9.17) is 15.2 Å². The molecule has 0 bridgehead atoms. The molecular formula is C39H47N7O6U-2. The SMILES string of the molecule is COC1=C(n2nnc(C(=O)Nc3cc(C(C)(C)C)ccc3OCCCCN3C(=O)CCC(N4Cc5c(N)cccc5C4=O)C3=O)c2C)C=[C-]CC1.[CH3-].[U]. The summed E-state index contributed by atoms with van der Waals surface area (Å²) < 4.78 is 13.3. The molecule has 280 valence electrons. The number of likely N-dealkylation sites (tertiary alicyclic amines) is 1. The molecule has 3 aromatic rings. The van der Waals surface area contributed by atoms with Crippen molar-refractivity contribution in [1.29, 1.82) is 0 Å². The first-order chi connectivity index (χ1) is 24.4. The van der Waals surface area contributed by atoms with E-state index in [-0.39, 0.29) is 99.9 Å². The van der Waals surface area contributed by atoms with Gasteiger partial charge >= 0.3 is 0 Å². The van der Waals surface area contributed by atoms with Crippen LogP contribution in [0.15, 0.2) is 48.2 Å². The zero-order valence-corrected chi connectivity index (χ0v) is 35.4. The normalized spacial score (nSPS) is 17.0. The van der Waals surface area contributed by atoms with Crippen molar-refractivity contribution in [3.05, 3.63) is 89.8 Å². The molecule has 53 heavy (non-hydrogen) atoms. The Morgan fingerprint density at radius 3 is 2.60 bits per heavy atom. The van der Waals surface area contributed by atoms with Gasteiger partial charge in [0.15, 0.2) is 5.69 Å². The predicted molar refractivity (Wildman–Crippen MR) is 197 cm³/mol. The van der Waals surface area contributed by atoms with E-state index in [1.54, 1.807) is 43.0 Å². The summed E-state index contributed by atoms with van der Waals surface area (Å²) in [5.74, 6) is -0.0629. The molecule has 1 saturated heterocycles. The summed E-state index contributed by atoms with van der Waals surface area (Å²) in [5, 5.41) is 11.4. The fourth-order valence-electron chi connectivity index (χ4n) is 6.65. The maximum Gasteiger partial charge on any atom is 0.278 e. The number of nitrogen functional groups attached to an aromatic ring is 1. The standard InChI is InChI=1S/C38H44N7O6.CH3.U/c1-23-34(41-42-45(23)29-13-6-7-14-32(29)50-5)35(47)40-28-21-24(38(2,3)4)15-17-31(28)51-20-9-8-19-43-33(46)18-16-30(37(43)49)44-22-26-25(36(44)48)11-10-12-27(26)39;;/h10-13,15,17,21,30H,7-9,14,16,18-20,22,39H2,1-5H3,(H,40,47);1H3;/q2*-1;. The fraction of sp³-hybridized carbons (Fsp3) is 0.410. The maximum absolute atomic E-state index is 13.6. The molecule has 4 amide bonds. The molecule has 14 heteroatoms. The van der Waals surface area contributed by atoms with Crippen molar-refractivity contribution in [2.45, 2.75) is 84.2 Å². The number of unbranched alkanes of at least 4 members (excludes halogenated alkanes) is 1. The number of imide groups is 1. The van der Waals surface area contributed by atoms with Crippen molar-refractivity contribution in [1.82, 2.24) is 24.8 Å². The van der Waals surface area contributed by atoms with Crippen LogP contribution in [0.3, 0.4) is 0 Å². The van der Waals surface area contributed by atoms with Gasteiger partial charge in [0, 0.05) is 73.2 Å². The number of rotatable bonds is 11. The van der Waals surface area contributed by atoms with Gasteiger partial charge in [-0.1, -0.05) is 38.1 Å². The Morgan fingerprint density at radius 2 is 1.89 bits per heavy atom. The van der Waals surface area contributed by atoms with Gasteiger partial charge in [-0.15, -0.1) is 11.5 Å². The number of nitrogens with two attached hydrogens (primary N) is 1. The summed E-state index contributed by atoms with van der Waals surface area (Å²) in [7, 11) is 1.61. The van der Waals surface area contributed by atoms with Crippen molar-refractivity contribution in [2.75, 3.05) is 31.3 Å². The molecule has 1 atom stereocenters. The zero-order valence-electron chi connectivity index (χ0n) is 31.2. The van der Waals surface area contributed by atoms with Gasteiger partial charge in [0.05, 0.1) is 25.1 Å². The van der Waals surface area contributed by atoms with Gasteiger partial charge in [-0.05, 0) is 73.5 Å². The molecule has 3 heterocycles. The second kappa shape index (κ2) is 17.2. The molecule has 13 nitrogen and oxygen atoms in total. The van der Waals surface area contributed by atoms with Crippen LogP contribution in [0.25, 0.3) is 5.70 Å². The Labute approximate surface area is 334 Å². The molecule has 2 aliphatic heterocycles. The Hall–Kier alpha value is -4.41. The molecule has 1 unspecified atom stereocenters. The number of hydrogen-bond donors (Lipinski definition) is 2. The number of fused-ring (bicyclic) bond motifs is 1. The Kier molecular flexibility index (Phi) is 13.4. The second-order valence-corrected chi connectivity index (χ2v) is 14.0. The van der Waals surface area contributed by atoms with E-state index < -0.39 is 11.9 Å². The number of piperidine rings is 1. The van der Waals surface area contributed by atoms with Gasteiger partial charge < -0.3 is 32.9 Å². The minimum absolute atomic E-state index is 0. The smallest absolute Gasteiger partial charge is 0.278 e. The molecular weight excluding hydrogens is 901 g/mol. The van der Waals surface area contributed by atoms with Crippen LogP contribution in [0.4, 0.5) is 11.4 Å². The van der Waals surface area contributed by atoms with Crippen molar-refractivity contribution in [2.24, 2.45) is 0 Å². The van der Waals surface area contributed by atoms with Crippen molar-refractivity contribution >= 4 is 40.7 Å². The Balaban J connectivity index is 0.00000314. The number of methoxy groups -OCH3 is 1. The fourth-order valence-corrected chi connectivity index (χ4v) is 6.65. The number of nitrogens with zero attached hydrogens (tertiary/aromatic N) is 5. The number of carbonyl (C=O) groups excluding carboxylic acids is 4. The average Bonchev–Trinajstić information content (AvgIpc) is 3.66. The topological polar surface area (TPSA) is 162 Å². The zero-order chi connectivity index (χ0) is 36.4. The first-order valence-corrected chi connectivity index (χ1v) is 17.3. The van der Waals surface area contributed by atoms with Crippen LogP contribution in [0.2, 0.25) is 0 Å². The van der Waals surface area contributed by atoms with Crippen LogP contribution in [-0.2, 0) is 26.3 Å². The summed E-state index contributed by atoms with van der Waals surface area (Å²) >= 11 is 0. The van der Waals surface area contributed by atoms with Gasteiger partial charge in [-0.25, -0.2) is 6.08 Å². The summed E-state index contributed by atoms with van der Waals surface area (Å²) in [6.45, 7) is 8.78. The predicted octanol–water partition coefficient (Wildman–Crippen LogP) is 5.47. The minimum Gasteiger partial charge on any atom is -0.518 e. The quantitative estimate of drug-likeness (QED) is 0.110. The summed E-state index contributed by atoms with van der Waals surface area (Å²) in [5.41, 5.74) is 10.6. The summed E-state index contributed by atoms with van der Waals surface area (Å²) in [6.07, 6.45) is 7.90.